The minimum absolute atomic E-state index is 0.539. The summed E-state index contributed by atoms with van der Waals surface area (Å²) >= 11 is 0. The van der Waals surface area contributed by atoms with Crippen molar-refractivity contribution in [2.24, 2.45) is 0 Å². The average molecular weight is 139 g/mol. The molecule has 1 aliphatic rings. The van der Waals surface area contributed by atoms with E-state index in [1.807, 2.05) is 6.08 Å². The second kappa shape index (κ2) is 1.80. The Balaban J connectivity index is 2.67. The summed E-state index contributed by atoms with van der Waals surface area (Å²) in [6.07, 6.45) is 4.07. The van der Waals surface area contributed by atoms with Crippen molar-refractivity contribution in [1.82, 2.24) is 0 Å². The molecule has 1 unspecified atom stereocenters. The van der Waals surface area contributed by atoms with Gasteiger partial charge in [-0.15, -0.1) is 0 Å². The molecule has 0 bridgehead atoms. The first-order valence-electron chi connectivity index (χ1n) is 3.28. The van der Waals surface area contributed by atoms with Crippen LogP contribution >= 0.6 is 0 Å². The monoisotopic (exact) mass is 139 g/mol. The van der Waals surface area contributed by atoms with E-state index in [1.165, 1.54) is 0 Å². The molecule has 0 saturated carbocycles. The van der Waals surface area contributed by atoms with Gasteiger partial charge in [0.25, 0.3) is 0 Å². The van der Waals surface area contributed by atoms with Gasteiger partial charge in [-0.1, -0.05) is 25.7 Å². The van der Waals surface area contributed by atoms with Crippen molar-refractivity contribution < 1.29 is 0 Å². The Hall–Kier alpha value is -0.373. The molecule has 2 heteroatoms. The van der Waals surface area contributed by atoms with E-state index in [1.54, 1.807) is 0 Å². The fourth-order valence-electron chi connectivity index (χ4n) is 1.04. The Morgan fingerprint density at radius 3 is 2.00 bits per heavy atom. The molecule has 0 spiro atoms. The van der Waals surface area contributed by atoms with Gasteiger partial charge >= 0.3 is 0 Å². The third-order valence-corrected chi connectivity index (χ3v) is 4.11. The van der Waals surface area contributed by atoms with E-state index >= 15 is 0 Å². The topological polar surface area (TPSA) is 23.9 Å². The molecule has 0 saturated heterocycles. The van der Waals surface area contributed by atoms with Gasteiger partial charge in [-0.3, -0.25) is 0 Å². The first-order valence-corrected chi connectivity index (χ1v) is 6.86. The van der Waals surface area contributed by atoms with E-state index in [-0.39, 0.29) is 0 Å². The van der Waals surface area contributed by atoms with Crippen molar-refractivity contribution in [3.8, 4) is 0 Å². The maximum Gasteiger partial charge on any atom is 0.0585 e. The van der Waals surface area contributed by atoms with Crippen molar-refractivity contribution in [2.45, 2.75) is 25.2 Å². The zero-order chi connectivity index (χ0) is 7.07. The third-order valence-electron chi connectivity index (χ3n) is 1.74. The fourth-order valence-corrected chi connectivity index (χ4v) is 2.75. The Kier molecular flexibility index (Phi) is 1.35. The molecule has 0 aromatic carbocycles. The Bertz CT molecular complexity index is 164. The van der Waals surface area contributed by atoms with E-state index in [0.717, 1.165) is 5.71 Å². The molecule has 1 N–H and O–H groups in total. The van der Waals surface area contributed by atoms with Crippen LogP contribution in [0.25, 0.3) is 0 Å². The average Bonchev–Trinajstić information content (AvgIpc) is 1.57. The summed E-state index contributed by atoms with van der Waals surface area (Å²) in [7, 11) is -1.05. The number of nitrogens with one attached hydrogen (secondary N) is 1. The molecule has 0 fully saturated rings. The van der Waals surface area contributed by atoms with Crippen molar-refractivity contribution in [3.63, 3.8) is 0 Å². The minimum atomic E-state index is -1.05. The lowest BCUT2D eigenvalue weighted by Crippen LogP contribution is -2.35. The summed E-state index contributed by atoms with van der Waals surface area (Å²) in [6.45, 7) is 6.90. The highest BCUT2D eigenvalue weighted by atomic mass is 28.3. The summed E-state index contributed by atoms with van der Waals surface area (Å²) in [5.74, 6) is 0. The molecule has 1 atom stereocenters. The Morgan fingerprint density at radius 1 is 1.44 bits per heavy atom. The smallest absolute Gasteiger partial charge is 0.0585 e. The summed E-state index contributed by atoms with van der Waals surface area (Å²) in [4.78, 5) is 0. The van der Waals surface area contributed by atoms with Crippen LogP contribution in [0.2, 0.25) is 25.2 Å². The highest BCUT2D eigenvalue weighted by Crippen LogP contribution is 2.30. The number of hydrogen-bond donors (Lipinski definition) is 1. The van der Waals surface area contributed by atoms with Crippen LogP contribution in [0.3, 0.4) is 0 Å². The summed E-state index contributed by atoms with van der Waals surface area (Å²) in [6, 6.07) is 0. The summed E-state index contributed by atoms with van der Waals surface area (Å²) in [5.41, 5.74) is 1.38. The molecular formula is C7H13NSi. The Labute approximate surface area is 57.3 Å². The first kappa shape index (κ1) is 6.74. The highest BCUT2D eigenvalue weighted by molar-refractivity contribution is 6.82. The van der Waals surface area contributed by atoms with Crippen LogP contribution in [-0.4, -0.2) is 13.8 Å². The van der Waals surface area contributed by atoms with E-state index in [9.17, 15) is 0 Å². The Morgan fingerprint density at radius 2 is 2.00 bits per heavy atom. The maximum absolute atomic E-state index is 7.39. The summed E-state index contributed by atoms with van der Waals surface area (Å²) < 4.78 is 0. The predicted octanol–water partition coefficient (Wildman–Crippen LogP) is 2.28. The molecule has 9 heavy (non-hydrogen) atoms. The molecule has 1 aliphatic carbocycles. The van der Waals surface area contributed by atoms with Crippen molar-refractivity contribution >= 4 is 13.8 Å². The molecule has 1 rings (SSSR count). The molecule has 0 radical (unpaired) electrons. The molecule has 0 heterocycles. The summed E-state index contributed by atoms with van der Waals surface area (Å²) in [5, 5.41) is 7.39. The zero-order valence-corrected chi connectivity index (χ0v) is 7.23. The van der Waals surface area contributed by atoms with E-state index in [0.29, 0.717) is 5.54 Å². The van der Waals surface area contributed by atoms with Crippen LogP contribution < -0.4 is 0 Å². The van der Waals surface area contributed by atoms with Gasteiger partial charge in [0.1, 0.15) is 0 Å². The minimum Gasteiger partial charge on any atom is -0.305 e. The number of allylic oxidation sites excluding steroid dienone is 2. The van der Waals surface area contributed by atoms with Gasteiger partial charge in [0.15, 0.2) is 0 Å². The van der Waals surface area contributed by atoms with E-state index in [4.69, 9.17) is 5.41 Å². The number of hydrogen-bond acceptors (Lipinski definition) is 1. The van der Waals surface area contributed by atoms with Crippen LogP contribution in [0, 0.1) is 5.41 Å². The van der Waals surface area contributed by atoms with E-state index < -0.39 is 8.07 Å². The lowest BCUT2D eigenvalue weighted by Gasteiger charge is -2.30. The van der Waals surface area contributed by atoms with Crippen molar-refractivity contribution in [2.75, 3.05) is 0 Å². The third kappa shape index (κ3) is 1.13. The lowest BCUT2D eigenvalue weighted by molar-refractivity contribution is 1.24. The molecule has 0 aromatic heterocycles. The molecule has 50 valence electrons. The molecule has 1 nitrogen and oxygen atoms in total. The largest absolute Gasteiger partial charge is 0.305 e. The molecule has 0 aromatic rings. The van der Waals surface area contributed by atoms with Gasteiger partial charge in [0, 0.05) is 11.3 Å². The van der Waals surface area contributed by atoms with Crippen LogP contribution in [-0.2, 0) is 0 Å². The first-order chi connectivity index (χ1) is 4.02. The van der Waals surface area contributed by atoms with Crippen LogP contribution in [0.4, 0.5) is 0 Å². The molecule has 0 aliphatic heterocycles. The van der Waals surface area contributed by atoms with Gasteiger partial charge in [0.05, 0.1) is 8.07 Å². The van der Waals surface area contributed by atoms with Gasteiger partial charge in [-0.05, 0) is 6.08 Å². The van der Waals surface area contributed by atoms with Crippen LogP contribution in [0.15, 0.2) is 12.2 Å². The predicted molar refractivity (Wildman–Crippen MR) is 44.0 cm³/mol. The lowest BCUT2D eigenvalue weighted by atomic mass is 10.1. The van der Waals surface area contributed by atoms with Gasteiger partial charge in [0.2, 0.25) is 0 Å². The molecule has 0 amide bonds. The normalized spacial score (nSPS) is 26.1. The van der Waals surface area contributed by atoms with Gasteiger partial charge < -0.3 is 5.41 Å². The van der Waals surface area contributed by atoms with Gasteiger partial charge in [-0.25, -0.2) is 0 Å². The van der Waals surface area contributed by atoms with Crippen LogP contribution in [0.1, 0.15) is 0 Å². The molecular weight excluding hydrogens is 126 g/mol. The fraction of sp³-hybridized carbons (Fsp3) is 0.571. The number of rotatable bonds is 1. The zero-order valence-electron chi connectivity index (χ0n) is 6.23. The van der Waals surface area contributed by atoms with Gasteiger partial charge in [-0.2, -0.15) is 0 Å². The van der Waals surface area contributed by atoms with E-state index in [2.05, 4.69) is 25.7 Å². The van der Waals surface area contributed by atoms with Crippen molar-refractivity contribution in [1.29, 1.82) is 5.41 Å². The SMILES string of the molecule is C[Si](C)(C)C1C=CC1=N. The standard InChI is InChI=1S/C7H13NSi/c1-9(2,3)7-5-4-6(7)8/h4-5,7-8H,1-3H3. The van der Waals surface area contributed by atoms with Crippen LogP contribution in [0.5, 0.6) is 0 Å². The second-order valence-corrected chi connectivity index (χ2v) is 9.01. The van der Waals surface area contributed by atoms with Crippen molar-refractivity contribution in [3.05, 3.63) is 12.2 Å². The second-order valence-electron chi connectivity index (χ2n) is 3.66. The quantitative estimate of drug-likeness (QED) is 0.539. The maximum atomic E-state index is 7.39. The highest BCUT2D eigenvalue weighted by Gasteiger charge is 2.31.